The van der Waals surface area contributed by atoms with Gasteiger partial charge in [-0.3, -0.25) is 0 Å². The number of rotatable bonds is 7. The summed E-state index contributed by atoms with van der Waals surface area (Å²) in [5.41, 5.74) is 1.04. The van der Waals surface area contributed by atoms with Crippen molar-refractivity contribution in [2.45, 2.75) is 11.0 Å². The standard InChI is InChI=1S/C16H19NO2S/c1-20-16-10-6-5-9-15(16)17-11-13(18)12-19-14-7-3-2-4-8-14/h2-10,13,17-18H,11-12H2,1H3. The Labute approximate surface area is 124 Å². The van der Waals surface area contributed by atoms with Gasteiger partial charge in [0.1, 0.15) is 18.5 Å². The Morgan fingerprint density at radius 1 is 1.10 bits per heavy atom. The van der Waals surface area contributed by atoms with Crippen molar-refractivity contribution in [2.75, 3.05) is 24.7 Å². The number of nitrogens with one attached hydrogen (secondary N) is 1. The summed E-state index contributed by atoms with van der Waals surface area (Å²) in [5.74, 6) is 0.774. The largest absolute Gasteiger partial charge is 0.491 e. The lowest BCUT2D eigenvalue weighted by molar-refractivity contribution is 0.117. The highest BCUT2D eigenvalue weighted by Gasteiger charge is 2.06. The number of benzene rings is 2. The van der Waals surface area contributed by atoms with Gasteiger partial charge in [-0.1, -0.05) is 30.3 Å². The van der Waals surface area contributed by atoms with Gasteiger partial charge in [0.15, 0.2) is 0 Å². The van der Waals surface area contributed by atoms with Crippen molar-refractivity contribution in [3.05, 3.63) is 54.6 Å². The molecular weight excluding hydrogens is 270 g/mol. The van der Waals surface area contributed by atoms with Crippen LogP contribution in [0.4, 0.5) is 5.69 Å². The lowest BCUT2D eigenvalue weighted by Crippen LogP contribution is -2.26. The Morgan fingerprint density at radius 2 is 1.80 bits per heavy atom. The second kappa shape index (κ2) is 7.82. The van der Waals surface area contributed by atoms with Crippen LogP contribution in [0.25, 0.3) is 0 Å². The van der Waals surface area contributed by atoms with Gasteiger partial charge in [0.05, 0.1) is 0 Å². The molecule has 0 aromatic heterocycles. The molecule has 2 aromatic rings. The molecule has 2 N–H and O–H groups in total. The molecule has 2 rings (SSSR count). The van der Waals surface area contributed by atoms with E-state index in [9.17, 15) is 5.11 Å². The number of anilines is 1. The third-order valence-corrected chi connectivity index (χ3v) is 3.62. The van der Waals surface area contributed by atoms with Crippen LogP contribution >= 0.6 is 11.8 Å². The first-order valence-corrected chi connectivity index (χ1v) is 7.75. The van der Waals surface area contributed by atoms with Crippen LogP contribution in [-0.2, 0) is 0 Å². The second-order valence-corrected chi connectivity index (χ2v) is 5.21. The van der Waals surface area contributed by atoms with Gasteiger partial charge in [0.2, 0.25) is 0 Å². The predicted molar refractivity (Wildman–Crippen MR) is 84.7 cm³/mol. The Kier molecular flexibility index (Phi) is 5.77. The van der Waals surface area contributed by atoms with Gasteiger partial charge in [-0.15, -0.1) is 11.8 Å². The molecule has 2 aromatic carbocycles. The van der Waals surface area contributed by atoms with E-state index in [2.05, 4.69) is 11.4 Å². The number of thioether (sulfide) groups is 1. The van der Waals surface area contributed by atoms with Gasteiger partial charge in [-0.25, -0.2) is 0 Å². The van der Waals surface area contributed by atoms with Crippen molar-refractivity contribution in [3.8, 4) is 5.75 Å². The van der Waals surface area contributed by atoms with E-state index >= 15 is 0 Å². The summed E-state index contributed by atoms with van der Waals surface area (Å²) in [5, 5.41) is 13.2. The molecule has 0 fully saturated rings. The Morgan fingerprint density at radius 3 is 2.55 bits per heavy atom. The highest BCUT2D eigenvalue weighted by molar-refractivity contribution is 7.98. The zero-order chi connectivity index (χ0) is 14.2. The molecule has 4 heteroatoms. The van der Waals surface area contributed by atoms with Crippen LogP contribution in [0.3, 0.4) is 0 Å². The van der Waals surface area contributed by atoms with Gasteiger partial charge >= 0.3 is 0 Å². The molecule has 0 aliphatic rings. The molecule has 1 unspecified atom stereocenters. The summed E-state index contributed by atoms with van der Waals surface area (Å²) in [6.45, 7) is 0.739. The number of hydrogen-bond acceptors (Lipinski definition) is 4. The average Bonchev–Trinajstić information content (AvgIpc) is 2.52. The smallest absolute Gasteiger partial charge is 0.119 e. The molecule has 0 radical (unpaired) electrons. The van der Waals surface area contributed by atoms with E-state index in [0.717, 1.165) is 11.4 Å². The fourth-order valence-corrected chi connectivity index (χ4v) is 2.36. The van der Waals surface area contributed by atoms with Crippen LogP contribution in [0.2, 0.25) is 0 Å². The Balaban J connectivity index is 1.79. The molecule has 0 bridgehead atoms. The Hall–Kier alpha value is -1.65. The fraction of sp³-hybridized carbons (Fsp3) is 0.250. The number of hydrogen-bond donors (Lipinski definition) is 2. The van der Waals surface area contributed by atoms with Gasteiger partial charge in [-0.05, 0) is 30.5 Å². The summed E-state index contributed by atoms with van der Waals surface area (Å²) < 4.78 is 5.52. The topological polar surface area (TPSA) is 41.5 Å². The normalized spacial score (nSPS) is 11.9. The van der Waals surface area contributed by atoms with Crippen LogP contribution in [0.5, 0.6) is 5.75 Å². The first-order valence-electron chi connectivity index (χ1n) is 6.52. The summed E-state index contributed by atoms with van der Waals surface area (Å²) >= 11 is 1.68. The van der Waals surface area contributed by atoms with Crippen molar-refractivity contribution in [1.82, 2.24) is 0 Å². The molecule has 0 saturated heterocycles. The number of aliphatic hydroxyl groups is 1. The molecule has 0 aliphatic carbocycles. The summed E-state index contributed by atoms with van der Waals surface area (Å²) in [4.78, 5) is 1.17. The van der Waals surface area contributed by atoms with E-state index < -0.39 is 6.10 Å². The lowest BCUT2D eigenvalue weighted by atomic mass is 10.3. The first-order chi connectivity index (χ1) is 9.79. The van der Waals surface area contributed by atoms with Gasteiger partial charge < -0.3 is 15.2 Å². The lowest BCUT2D eigenvalue weighted by Gasteiger charge is -2.15. The van der Waals surface area contributed by atoms with Crippen molar-refractivity contribution in [3.63, 3.8) is 0 Å². The van der Waals surface area contributed by atoms with Crippen LogP contribution in [0.15, 0.2) is 59.5 Å². The predicted octanol–water partition coefficient (Wildman–Crippen LogP) is 3.26. The molecule has 0 heterocycles. The third-order valence-electron chi connectivity index (χ3n) is 2.82. The minimum absolute atomic E-state index is 0.276. The monoisotopic (exact) mass is 289 g/mol. The van der Waals surface area contributed by atoms with Gasteiger partial charge in [0.25, 0.3) is 0 Å². The van der Waals surface area contributed by atoms with Crippen molar-refractivity contribution >= 4 is 17.4 Å². The van der Waals surface area contributed by atoms with E-state index in [0.29, 0.717) is 6.54 Å². The highest BCUT2D eigenvalue weighted by atomic mass is 32.2. The van der Waals surface area contributed by atoms with E-state index in [-0.39, 0.29) is 6.61 Å². The quantitative estimate of drug-likeness (QED) is 0.768. The van der Waals surface area contributed by atoms with Crippen molar-refractivity contribution in [1.29, 1.82) is 0 Å². The van der Waals surface area contributed by atoms with E-state index in [1.165, 1.54) is 4.90 Å². The number of ether oxygens (including phenoxy) is 1. The highest BCUT2D eigenvalue weighted by Crippen LogP contribution is 2.24. The van der Waals surface area contributed by atoms with Gasteiger partial charge in [0, 0.05) is 17.1 Å². The minimum atomic E-state index is -0.551. The van der Waals surface area contributed by atoms with Crippen LogP contribution in [0.1, 0.15) is 0 Å². The van der Waals surface area contributed by atoms with Gasteiger partial charge in [-0.2, -0.15) is 0 Å². The van der Waals surface area contributed by atoms with Crippen LogP contribution in [0, 0.1) is 0 Å². The SMILES string of the molecule is CSc1ccccc1NCC(O)COc1ccccc1. The zero-order valence-corrected chi connectivity index (χ0v) is 12.3. The molecule has 0 amide bonds. The first kappa shape index (κ1) is 14.8. The maximum absolute atomic E-state index is 9.94. The number of para-hydroxylation sites is 2. The van der Waals surface area contributed by atoms with E-state index in [1.807, 2.05) is 54.8 Å². The summed E-state index contributed by atoms with van der Waals surface area (Å²) in [7, 11) is 0. The summed E-state index contributed by atoms with van der Waals surface area (Å²) in [6, 6.07) is 17.6. The third kappa shape index (κ3) is 4.47. The molecule has 1 atom stereocenters. The second-order valence-electron chi connectivity index (χ2n) is 4.36. The van der Waals surface area contributed by atoms with Crippen LogP contribution in [-0.4, -0.2) is 30.6 Å². The maximum atomic E-state index is 9.94. The molecule has 0 spiro atoms. The average molecular weight is 289 g/mol. The maximum Gasteiger partial charge on any atom is 0.119 e. The summed E-state index contributed by atoms with van der Waals surface area (Å²) in [6.07, 6.45) is 1.49. The molecule has 106 valence electrons. The zero-order valence-electron chi connectivity index (χ0n) is 11.5. The van der Waals surface area contributed by atoms with Crippen molar-refractivity contribution < 1.29 is 9.84 Å². The minimum Gasteiger partial charge on any atom is -0.491 e. The molecular formula is C16H19NO2S. The van der Waals surface area contributed by atoms with Crippen LogP contribution < -0.4 is 10.1 Å². The molecule has 3 nitrogen and oxygen atoms in total. The molecule has 20 heavy (non-hydrogen) atoms. The van der Waals surface area contributed by atoms with E-state index in [4.69, 9.17) is 4.74 Å². The Bertz CT molecular complexity index is 519. The fourth-order valence-electron chi connectivity index (χ4n) is 1.79. The molecule has 0 aliphatic heterocycles. The number of aliphatic hydroxyl groups excluding tert-OH is 1. The van der Waals surface area contributed by atoms with E-state index in [1.54, 1.807) is 11.8 Å². The van der Waals surface area contributed by atoms with Crippen molar-refractivity contribution in [2.24, 2.45) is 0 Å². The molecule has 0 saturated carbocycles.